The average Bonchev–Trinajstić information content (AvgIpc) is 3.53. The zero-order chi connectivity index (χ0) is 61.9. The van der Waals surface area contributed by atoms with Crippen molar-refractivity contribution >= 4 is 41.4 Å². The van der Waals surface area contributed by atoms with Crippen LogP contribution in [0.25, 0.3) is 0 Å². The van der Waals surface area contributed by atoms with Gasteiger partial charge in [-0.1, -0.05) is 216 Å². The van der Waals surface area contributed by atoms with E-state index >= 15 is 0 Å². The van der Waals surface area contributed by atoms with E-state index in [4.69, 9.17) is 14.2 Å². The Labute approximate surface area is 514 Å². The molecule has 0 spiro atoms. The summed E-state index contributed by atoms with van der Waals surface area (Å²) in [6.45, 7) is 6.33. The number of unbranched alkanes of at least 4 members (excludes halogenated alkanes) is 24. The van der Waals surface area contributed by atoms with E-state index in [1.165, 1.54) is 69.9 Å². The van der Waals surface area contributed by atoms with Crippen LogP contribution in [0.1, 0.15) is 282 Å². The molecule has 478 valence electrons. The number of nitrogens with zero attached hydrogens (tertiary/aromatic N) is 2. The monoisotopic (exact) mass is 1180 g/mol. The van der Waals surface area contributed by atoms with E-state index in [0.717, 1.165) is 184 Å². The van der Waals surface area contributed by atoms with Crippen molar-refractivity contribution < 1.29 is 53.5 Å². The second-order valence-electron chi connectivity index (χ2n) is 22.9. The summed E-state index contributed by atoms with van der Waals surface area (Å²) in [5.74, 6) is -1.04. The van der Waals surface area contributed by atoms with Crippen LogP contribution in [0.4, 0.5) is 11.4 Å². The Morgan fingerprint density at radius 3 is 1.05 bits per heavy atom. The van der Waals surface area contributed by atoms with E-state index in [0.29, 0.717) is 30.6 Å². The van der Waals surface area contributed by atoms with Crippen molar-refractivity contribution in [2.45, 2.75) is 302 Å². The molecule has 2 aromatic rings. The first kappa shape index (κ1) is 77.7. The minimum absolute atomic E-state index is 0.132. The van der Waals surface area contributed by atoms with Crippen LogP contribution < -0.4 is 0 Å². The summed E-state index contributed by atoms with van der Waals surface area (Å²) in [4.78, 5) is 65.4. The smallest absolute Gasteiger partial charge is 0.306 e. The van der Waals surface area contributed by atoms with Gasteiger partial charge in [-0.05, 0) is 138 Å². The topological polar surface area (TPSA) is 198 Å². The number of carbonyl (C=O) groups is 3. The highest BCUT2D eigenvalue weighted by atomic mass is 16.6. The summed E-state index contributed by atoms with van der Waals surface area (Å²) in [5, 5.41) is 30.4. The molecule has 0 aromatic heterocycles. The number of carbonyl (C=O) groups excluding carboxylic acids is 5. The van der Waals surface area contributed by atoms with Crippen LogP contribution in [0.15, 0.2) is 95.0 Å². The minimum Gasteiger partial charge on any atom is -0.462 e. The molecule has 0 aliphatic carbocycles. The number of allylic oxidation sites excluding steroid dienone is 3. The number of ether oxygens (including phenoxy) is 3. The zero-order valence-corrected chi connectivity index (χ0v) is 53.1. The highest BCUT2D eigenvalue weighted by Gasteiger charge is 2.20. The molecule has 0 aliphatic rings. The van der Waals surface area contributed by atoms with Gasteiger partial charge in [-0.25, -0.2) is 9.59 Å². The summed E-state index contributed by atoms with van der Waals surface area (Å²) in [7, 11) is 0. The number of rotatable bonds is 54. The summed E-state index contributed by atoms with van der Waals surface area (Å²) < 4.78 is 16.7. The molecule has 3 atom stereocenters. The van der Waals surface area contributed by atoms with Gasteiger partial charge in [-0.3, -0.25) is 14.4 Å². The van der Waals surface area contributed by atoms with Gasteiger partial charge >= 0.3 is 17.9 Å². The maximum absolute atomic E-state index is 12.8. The Hall–Kier alpha value is -5.29. The largest absolute Gasteiger partial charge is 0.462 e. The third-order valence-corrected chi connectivity index (χ3v) is 14.9. The normalized spacial score (nSPS) is 12.7. The van der Waals surface area contributed by atoms with E-state index in [9.17, 15) is 39.3 Å². The fourth-order valence-electron chi connectivity index (χ4n) is 9.67. The van der Waals surface area contributed by atoms with Crippen LogP contribution in [0.3, 0.4) is 0 Å². The van der Waals surface area contributed by atoms with Crippen LogP contribution in [0.2, 0.25) is 0 Å². The van der Waals surface area contributed by atoms with Crippen LogP contribution in [0, 0.1) is 0 Å². The van der Waals surface area contributed by atoms with Crippen LogP contribution in [0.5, 0.6) is 0 Å². The molecule has 0 bridgehead atoms. The van der Waals surface area contributed by atoms with Gasteiger partial charge in [0.2, 0.25) is 12.2 Å². The molecule has 0 heterocycles. The molecule has 3 N–H and O–H groups in total. The Balaban J connectivity index is 0.00000158. The van der Waals surface area contributed by atoms with Gasteiger partial charge in [-0.15, -0.1) is 0 Å². The highest BCUT2D eigenvalue weighted by Crippen LogP contribution is 2.20. The van der Waals surface area contributed by atoms with Crippen molar-refractivity contribution in [3.63, 3.8) is 0 Å². The van der Waals surface area contributed by atoms with E-state index in [1.54, 1.807) is 24.3 Å². The molecule has 0 radical (unpaired) electrons. The van der Waals surface area contributed by atoms with Gasteiger partial charge in [0, 0.05) is 19.3 Å². The summed E-state index contributed by atoms with van der Waals surface area (Å²) in [6.07, 6.45) is 52.6. The predicted molar refractivity (Wildman–Crippen MR) is 346 cm³/mol. The highest BCUT2D eigenvalue weighted by molar-refractivity contribution is 5.71. The third-order valence-electron chi connectivity index (χ3n) is 14.9. The molecule has 0 fully saturated rings. The SMILES string of the molecule is CCCCCCC(O)C/C=C/CCCCCCCC(=O)OCC(COC(=O)CCCCCCC/C=C/CC(O)CCCCCC)OC(=O)CCCCCCC/C=C/CC(O)CCCCCC.O=C=Nc1ccc(Cc2ccc(N=C=O)cc2)cc1. The molecule has 0 amide bonds. The summed E-state index contributed by atoms with van der Waals surface area (Å²) in [5.41, 5.74) is 3.40. The van der Waals surface area contributed by atoms with Crippen LogP contribution in [-0.4, -0.2) is 83.0 Å². The van der Waals surface area contributed by atoms with Crippen LogP contribution in [-0.2, 0) is 44.6 Å². The number of esters is 3. The van der Waals surface area contributed by atoms with E-state index in [2.05, 4.69) is 67.2 Å². The number of aliphatic hydroxyl groups is 3. The van der Waals surface area contributed by atoms with Crippen molar-refractivity contribution in [2.75, 3.05) is 13.2 Å². The lowest BCUT2D eigenvalue weighted by atomic mass is 10.0. The van der Waals surface area contributed by atoms with Crippen LogP contribution >= 0.6 is 0 Å². The number of aliphatic hydroxyl groups excluding tert-OH is 3. The first-order valence-electron chi connectivity index (χ1n) is 33.4. The summed E-state index contributed by atoms with van der Waals surface area (Å²) >= 11 is 0. The lowest BCUT2D eigenvalue weighted by Crippen LogP contribution is -2.30. The summed E-state index contributed by atoms with van der Waals surface area (Å²) in [6, 6.07) is 14.7. The molecule has 2 rings (SSSR count). The third kappa shape index (κ3) is 50.6. The van der Waals surface area contributed by atoms with Gasteiger partial charge in [0.15, 0.2) is 6.10 Å². The van der Waals surface area contributed by atoms with Crippen molar-refractivity contribution in [3.05, 3.63) is 96.1 Å². The first-order valence-corrected chi connectivity index (χ1v) is 33.4. The van der Waals surface area contributed by atoms with Crippen molar-refractivity contribution in [1.29, 1.82) is 0 Å². The number of hydrogen-bond donors (Lipinski definition) is 3. The molecule has 2 aromatic carbocycles. The number of aliphatic imine (C=N–C) groups is 2. The molecular formula is C72H114N2O11. The Morgan fingerprint density at radius 1 is 0.412 bits per heavy atom. The Morgan fingerprint density at radius 2 is 0.718 bits per heavy atom. The van der Waals surface area contributed by atoms with Gasteiger partial charge in [0.1, 0.15) is 13.2 Å². The second kappa shape index (κ2) is 57.8. The fraction of sp³-hybridized carbons (Fsp3) is 0.681. The van der Waals surface area contributed by atoms with Crippen molar-refractivity contribution in [1.82, 2.24) is 0 Å². The number of benzene rings is 2. The van der Waals surface area contributed by atoms with E-state index in [1.807, 2.05) is 24.3 Å². The molecule has 0 saturated heterocycles. The van der Waals surface area contributed by atoms with Gasteiger partial charge in [-0.2, -0.15) is 9.98 Å². The Bertz CT molecular complexity index is 1990. The lowest BCUT2D eigenvalue weighted by Gasteiger charge is -2.18. The Kier molecular flexibility index (Phi) is 52.8. The number of isocyanates is 2. The first-order chi connectivity index (χ1) is 41.5. The minimum atomic E-state index is -0.836. The van der Waals surface area contributed by atoms with Crippen molar-refractivity contribution in [3.8, 4) is 0 Å². The van der Waals surface area contributed by atoms with Gasteiger partial charge in [0.05, 0.1) is 29.7 Å². The number of hydrogen-bond acceptors (Lipinski definition) is 13. The molecule has 0 saturated carbocycles. The quantitative estimate of drug-likeness (QED) is 0.0142. The molecule has 85 heavy (non-hydrogen) atoms. The molecule has 13 nitrogen and oxygen atoms in total. The molecule has 0 aliphatic heterocycles. The van der Waals surface area contributed by atoms with Crippen molar-refractivity contribution in [2.24, 2.45) is 9.98 Å². The maximum Gasteiger partial charge on any atom is 0.306 e. The molecular weight excluding hydrogens is 1070 g/mol. The fourth-order valence-corrected chi connectivity index (χ4v) is 9.67. The van der Waals surface area contributed by atoms with E-state index < -0.39 is 6.10 Å². The maximum atomic E-state index is 12.8. The lowest BCUT2D eigenvalue weighted by molar-refractivity contribution is -0.167. The second-order valence-corrected chi connectivity index (χ2v) is 22.9. The predicted octanol–water partition coefficient (Wildman–Crippen LogP) is 18.2. The van der Waals surface area contributed by atoms with Gasteiger partial charge < -0.3 is 29.5 Å². The molecule has 3 unspecified atom stereocenters. The average molecular weight is 1180 g/mol. The van der Waals surface area contributed by atoms with Gasteiger partial charge in [0.25, 0.3) is 0 Å². The van der Waals surface area contributed by atoms with E-state index in [-0.39, 0.29) is 55.9 Å². The zero-order valence-electron chi connectivity index (χ0n) is 53.1. The molecule has 13 heteroatoms. The standard InChI is InChI=1S/C57H104O9.C15H10N2O2/c1-4-7-10-31-40-51(58)43-34-25-19-13-16-22-28-37-46-55(61)64-49-54(66-57(63)48-39-30-24-18-15-21-27-36-45-53(60)42-33-12-9-6-3)50-65-56(62)47-38-29-23-17-14-20-26-35-44-52(59)41-32-11-8-5-2;18-10-16-14-5-1-12(2-6-14)9-13-3-7-15(8-4-13)17-11-19/h25-27,34-36,51-54,58-60H,4-24,28-33,37-50H2,1-3H3;1-8H,9H2/b34-25+,35-26+,36-27+;.